The molecule has 1 unspecified atom stereocenters. The van der Waals surface area contributed by atoms with Crippen LogP contribution < -0.4 is 5.32 Å². The van der Waals surface area contributed by atoms with Gasteiger partial charge in [-0.3, -0.25) is 4.90 Å². The lowest BCUT2D eigenvalue weighted by atomic mass is 10.2. The summed E-state index contributed by atoms with van der Waals surface area (Å²) < 4.78 is 23.2. The van der Waals surface area contributed by atoms with E-state index in [0.29, 0.717) is 12.6 Å². The minimum absolute atomic E-state index is 0.267. The van der Waals surface area contributed by atoms with Crippen LogP contribution in [0.25, 0.3) is 0 Å². The third-order valence-corrected chi connectivity index (χ3v) is 5.65. The van der Waals surface area contributed by atoms with E-state index in [1.165, 1.54) is 0 Å². The van der Waals surface area contributed by atoms with Gasteiger partial charge in [0.25, 0.3) is 0 Å². The van der Waals surface area contributed by atoms with E-state index in [0.717, 1.165) is 19.6 Å². The SMILES string of the molecule is CC1CN(CCS(=O)(=O)C(C)(C)C)CCN1. The fourth-order valence-electron chi connectivity index (χ4n) is 1.77. The van der Waals surface area contributed by atoms with Gasteiger partial charge in [0, 0.05) is 32.2 Å². The minimum Gasteiger partial charge on any atom is -0.312 e. The van der Waals surface area contributed by atoms with Gasteiger partial charge < -0.3 is 5.32 Å². The molecule has 0 aromatic carbocycles. The molecule has 0 aliphatic carbocycles. The second-order valence-corrected chi connectivity index (χ2v) is 8.45. The zero-order chi connectivity index (χ0) is 12.4. The van der Waals surface area contributed by atoms with Crippen molar-refractivity contribution in [2.75, 3.05) is 31.9 Å². The van der Waals surface area contributed by atoms with Gasteiger partial charge in [-0.1, -0.05) is 0 Å². The average molecular weight is 248 g/mol. The molecular formula is C11H24N2O2S. The molecule has 16 heavy (non-hydrogen) atoms. The largest absolute Gasteiger partial charge is 0.312 e. The van der Waals surface area contributed by atoms with E-state index in [-0.39, 0.29) is 5.75 Å². The van der Waals surface area contributed by atoms with Crippen molar-refractivity contribution in [2.45, 2.75) is 38.5 Å². The highest BCUT2D eigenvalue weighted by Crippen LogP contribution is 2.16. The Morgan fingerprint density at radius 3 is 2.50 bits per heavy atom. The van der Waals surface area contributed by atoms with Crippen LogP contribution in [0.2, 0.25) is 0 Å². The number of piperazine rings is 1. The van der Waals surface area contributed by atoms with Crippen LogP contribution in [0.3, 0.4) is 0 Å². The topological polar surface area (TPSA) is 49.4 Å². The van der Waals surface area contributed by atoms with Crippen LogP contribution in [-0.4, -0.2) is 56.0 Å². The van der Waals surface area contributed by atoms with Crippen molar-refractivity contribution in [1.82, 2.24) is 10.2 Å². The summed E-state index contributed by atoms with van der Waals surface area (Å²) in [6.45, 7) is 10.9. The number of nitrogens with one attached hydrogen (secondary N) is 1. The first-order chi connectivity index (χ1) is 7.22. The van der Waals surface area contributed by atoms with E-state index >= 15 is 0 Å². The van der Waals surface area contributed by atoms with Crippen molar-refractivity contribution >= 4 is 9.84 Å². The maximum absolute atomic E-state index is 11.9. The van der Waals surface area contributed by atoms with Gasteiger partial charge in [0.05, 0.1) is 10.5 Å². The third kappa shape index (κ3) is 3.71. The van der Waals surface area contributed by atoms with Crippen molar-refractivity contribution in [1.29, 1.82) is 0 Å². The molecule has 1 fully saturated rings. The molecule has 5 heteroatoms. The van der Waals surface area contributed by atoms with E-state index in [9.17, 15) is 8.42 Å². The lowest BCUT2D eigenvalue weighted by Crippen LogP contribution is -2.50. The van der Waals surface area contributed by atoms with Crippen LogP contribution in [0, 0.1) is 0 Å². The highest BCUT2D eigenvalue weighted by atomic mass is 32.2. The highest BCUT2D eigenvalue weighted by Gasteiger charge is 2.29. The lowest BCUT2D eigenvalue weighted by Gasteiger charge is -2.32. The molecule has 4 nitrogen and oxygen atoms in total. The smallest absolute Gasteiger partial charge is 0.156 e. The molecule has 96 valence electrons. The van der Waals surface area contributed by atoms with E-state index in [1.54, 1.807) is 20.8 Å². The maximum atomic E-state index is 11.9. The Morgan fingerprint density at radius 1 is 1.38 bits per heavy atom. The molecular weight excluding hydrogens is 224 g/mol. The summed E-state index contributed by atoms with van der Waals surface area (Å²) in [6, 6.07) is 0.464. The molecule has 0 saturated carbocycles. The number of rotatable bonds is 3. The summed E-state index contributed by atoms with van der Waals surface area (Å²) in [5, 5.41) is 3.35. The zero-order valence-electron chi connectivity index (χ0n) is 10.8. The van der Waals surface area contributed by atoms with Crippen LogP contribution in [0.1, 0.15) is 27.7 Å². The number of hydrogen-bond donors (Lipinski definition) is 1. The van der Waals surface area contributed by atoms with Crippen LogP contribution >= 0.6 is 0 Å². The predicted molar refractivity (Wildman–Crippen MR) is 67.4 cm³/mol. The number of sulfone groups is 1. The van der Waals surface area contributed by atoms with E-state index in [4.69, 9.17) is 0 Å². The van der Waals surface area contributed by atoms with Crippen LogP contribution in [0.5, 0.6) is 0 Å². The summed E-state index contributed by atoms with van der Waals surface area (Å²) in [5.41, 5.74) is 0. The second kappa shape index (κ2) is 5.02. The van der Waals surface area contributed by atoms with Gasteiger partial charge in [-0.15, -0.1) is 0 Å². The molecule has 0 radical (unpaired) electrons. The molecule has 1 heterocycles. The fraction of sp³-hybridized carbons (Fsp3) is 1.00. The first-order valence-electron chi connectivity index (χ1n) is 5.90. The van der Waals surface area contributed by atoms with Crippen molar-refractivity contribution < 1.29 is 8.42 Å². The Balaban J connectivity index is 2.46. The summed E-state index contributed by atoms with van der Waals surface area (Å²) in [7, 11) is -2.98. The molecule has 0 bridgehead atoms. The Bertz CT molecular complexity index is 319. The molecule has 1 atom stereocenters. The van der Waals surface area contributed by atoms with Gasteiger partial charge in [0.1, 0.15) is 0 Å². The average Bonchev–Trinajstić information content (AvgIpc) is 2.13. The molecule has 1 saturated heterocycles. The van der Waals surface area contributed by atoms with Crippen LogP contribution in [-0.2, 0) is 9.84 Å². The van der Waals surface area contributed by atoms with Crippen molar-refractivity contribution in [3.8, 4) is 0 Å². The Kier molecular flexibility index (Phi) is 4.37. The standard InChI is InChI=1S/C11H24N2O2S/c1-10-9-13(6-5-12-10)7-8-16(14,15)11(2,3)4/h10,12H,5-9H2,1-4H3. The van der Waals surface area contributed by atoms with Gasteiger partial charge in [-0.05, 0) is 27.7 Å². The van der Waals surface area contributed by atoms with Crippen LogP contribution in [0.15, 0.2) is 0 Å². The number of hydrogen-bond acceptors (Lipinski definition) is 4. The first kappa shape index (κ1) is 13.9. The molecule has 0 amide bonds. The summed E-state index contributed by atoms with van der Waals surface area (Å²) >= 11 is 0. The van der Waals surface area contributed by atoms with Gasteiger partial charge >= 0.3 is 0 Å². The molecule has 1 aliphatic rings. The molecule has 0 aromatic heterocycles. The Morgan fingerprint density at radius 2 is 2.00 bits per heavy atom. The van der Waals surface area contributed by atoms with Gasteiger partial charge in [-0.25, -0.2) is 8.42 Å². The number of nitrogens with zero attached hydrogens (tertiary/aromatic N) is 1. The van der Waals surface area contributed by atoms with Crippen molar-refractivity contribution in [3.05, 3.63) is 0 Å². The van der Waals surface area contributed by atoms with E-state index in [1.807, 2.05) is 0 Å². The predicted octanol–water partition coefficient (Wildman–Crippen LogP) is 0.493. The van der Waals surface area contributed by atoms with E-state index < -0.39 is 14.6 Å². The second-order valence-electron chi connectivity index (χ2n) is 5.59. The van der Waals surface area contributed by atoms with E-state index in [2.05, 4.69) is 17.1 Å². The van der Waals surface area contributed by atoms with Gasteiger partial charge in [0.2, 0.25) is 0 Å². The van der Waals surface area contributed by atoms with Crippen molar-refractivity contribution in [3.63, 3.8) is 0 Å². The monoisotopic (exact) mass is 248 g/mol. The summed E-state index contributed by atoms with van der Waals surface area (Å²) in [4.78, 5) is 2.23. The molecule has 0 spiro atoms. The van der Waals surface area contributed by atoms with Gasteiger partial charge in [-0.2, -0.15) is 0 Å². The molecule has 1 N–H and O–H groups in total. The molecule has 1 rings (SSSR count). The normalized spacial score (nSPS) is 24.6. The lowest BCUT2D eigenvalue weighted by molar-refractivity contribution is 0.217. The minimum atomic E-state index is -2.98. The fourth-order valence-corrected chi connectivity index (χ4v) is 2.88. The zero-order valence-corrected chi connectivity index (χ0v) is 11.6. The van der Waals surface area contributed by atoms with Gasteiger partial charge in [0.15, 0.2) is 9.84 Å². The third-order valence-electron chi connectivity index (χ3n) is 3.06. The summed E-state index contributed by atoms with van der Waals surface area (Å²) in [6.07, 6.45) is 0. The van der Waals surface area contributed by atoms with Crippen LogP contribution in [0.4, 0.5) is 0 Å². The quantitative estimate of drug-likeness (QED) is 0.790. The Hall–Kier alpha value is -0.130. The first-order valence-corrected chi connectivity index (χ1v) is 7.55. The Labute approximate surface area is 99.3 Å². The maximum Gasteiger partial charge on any atom is 0.156 e. The molecule has 0 aromatic rings. The van der Waals surface area contributed by atoms with Crippen molar-refractivity contribution in [2.24, 2.45) is 0 Å². The molecule has 1 aliphatic heterocycles. The highest BCUT2D eigenvalue weighted by molar-refractivity contribution is 7.92. The summed E-state index contributed by atoms with van der Waals surface area (Å²) in [5.74, 6) is 0.267.